The first kappa shape index (κ1) is 24.3. The van der Waals surface area contributed by atoms with E-state index in [9.17, 15) is 9.59 Å². The van der Waals surface area contributed by atoms with Crippen LogP contribution in [0.4, 0.5) is 15.3 Å². The van der Waals surface area contributed by atoms with E-state index in [1.54, 1.807) is 18.2 Å². The third-order valence-electron chi connectivity index (χ3n) is 5.71. The fourth-order valence-corrected chi connectivity index (χ4v) is 3.21. The van der Waals surface area contributed by atoms with Gasteiger partial charge in [-0.2, -0.15) is 0 Å². The van der Waals surface area contributed by atoms with E-state index in [0.717, 1.165) is 11.1 Å². The third-order valence-corrected chi connectivity index (χ3v) is 5.71. The number of nitrogens with two attached hydrogens (primary N) is 1. The molecule has 3 amide bonds. The van der Waals surface area contributed by atoms with E-state index in [-0.39, 0.29) is 13.2 Å². The Morgan fingerprint density at radius 1 is 1.03 bits per heavy atom. The van der Waals surface area contributed by atoms with Crippen molar-refractivity contribution in [3.63, 3.8) is 0 Å². The smallest absolute Gasteiger partial charge is 0.445 e. The van der Waals surface area contributed by atoms with Crippen LogP contribution in [0.3, 0.4) is 0 Å². The highest BCUT2D eigenvalue weighted by molar-refractivity contribution is 6.56. The fraction of sp³-hybridized carbons (Fsp3) is 0.333. The molecule has 2 aromatic carbocycles. The Bertz CT molecular complexity index is 1010. The molecule has 0 bridgehead atoms. The van der Waals surface area contributed by atoms with Crippen LogP contribution in [0.25, 0.3) is 6.08 Å². The van der Waals surface area contributed by atoms with Crippen molar-refractivity contribution in [3.05, 3.63) is 71.2 Å². The van der Waals surface area contributed by atoms with Crippen molar-refractivity contribution in [3.8, 4) is 0 Å². The van der Waals surface area contributed by atoms with Gasteiger partial charge in [-0.3, -0.25) is 0 Å². The van der Waals surface area contributed by atoms with Crippen molar-refractivity contribution < 1.29 is 23.6 Å². The number of carbonyl (C=O) groups is 2. The summed E-state index contributed by atoms with van der Waals surface area (Å²) in [6.45, 7) is 8.17. The van der Waals surface area contributed by atoms with Gasteiger partial charge >= 0.3 is 19.2 Å². The highest BCUT2D eigenvalue weighted by Crippen LogP contribution is 2.38. The molecule has 4 N–H and O–H groups in total. The molecule has 33 heavy (non-hydrogen) atoms. The summed E-state index contributed by atoms with van der Waals surface area (Å²) < 4.78 is 17.7. The van der Waals surface area contributed by atoms with Crippen molar-refractivity contribution >= 4 is 31.0 Å². The summed E-state index contributed by atoms with van der Waals surface area (Å²) in [7, 11) is -0.669. The van der Waals surface area contributed by atoms with Gasteiger partial charge in [-0.15, -0.1) is 0 Å². The maximum atomic E-state index is 12.3. The van der Waals surface area contributed by atoms with Gasteiger partial charge in [0, 0.05) is 12.2 Å². The lowest BCUT2D eigenvalue weighted by Gasteiger charge is -2.32. The fourth-order valence-electron chi connectivity index (χ4n) is 3.21. The maximum Gasteiger partial charge on any atom is 0.492 e. The lowest BCUT2D eigenvalue weighted by atomic mass is 9.77. The van der Waals surface area contributed by atoms with E-state index in [0.29, 0.717) is 11.2 Å². The van der Waals surface area contributed by atoms with Crippen LogP contribution in [-0.2, 0) is 20.7 Å². The average Bonchev–Trinajstić information content (AvgIpc) is 2.97. The average molecular weight is 451 g/mol. The number of rotatable bonds is 7. The molecule has 3 rings (SSSR count). The zero-order valence-electron chi connectivity index (χ0n) is 19.4. The van der Waals surface area contributed by atoms with E-state index in [4.69, 9.17) is 19.8 Å². The minimum absolute atomic E-state index is 0.151. The highest BCUT2D eigenvalue weighted by Gasteiger charge is 2.52. The molecule has 1 aliphatic heterocycles. The Morgan fingerprint density at radius 3 is 2.33 bits per heavy atom. The maximum absolute atomic E-state index is 12.3. The first-order chi connectivity index (χ1) is 15.6. The van der Waals surface area contributed by atoms with Gasteiger partial charge in [-0.05, 0) is 56.4 Å². The van der Waals surface area contributed by atoms with Gasteiger partial charge in [0.1, 0.15) is 6.61 Å². The van der Waals surface area contributed by atoms with E-state index in [2.05, 4.69) is 10.6 Å². The first-order valence-corrected chi connectivity index (χ1v) is 10.7. The normalized spacial score (nSPS) is 16.8. The molecule has 1 aliphatic rings. The number of hydrogen-bond acceptors (Lipinski definition) is 5. The van der Waals surface area contributed by atoms with Crippen LogP contribution in [0, 0.1) is 0 Å². The minimum atomic E-state index is -0.669. The summed E-state index contributed by atoms with van der Waals surface area (Å²) in [6.07, 6.45) is 1.30. The van der Waals surface area contributed by atoms with Gasteiger partial charge < -0.3 is 30.4 Å². The van der Waals surface area contributed by atoms with Gasteiger partial charge in [0.05, 0.1) is 11.2 Å². The highest BCUT2D eigenvalue weighted by atomic mass is 16.7. The van der Waals surface area contributed by atoms with Crippen LogP contribution in [0.2, 0.25) is 0 Å². The van der Waals surface area contributed by atoms with Gasteiger partial charge in [-0.1, -0.05) is 48.5 Å². The Balaban J connectivity index is 1.75. The molecule has 0 atom stereocenters. The van der Waals surface area contributed by atoms with Gasteiger partial charge in [0.15, 0.2) is 0 Å². The molecule has 0 aromatic heterocycles. The summed E-state index contributed by atoms with van der Waals surface area (Å²) in [4.78, 5) is 23.5. The minimum Gasteiger partial charge on any atom is -0.445 e. The molecule has 0 saturated carbocycles. The lowest BCUT2D eigenvalue weighted by Crippen LogP contribution is -2.41. The van der Waals surface area contributed by atoms with E-state index >= 15 is 0 Å². The van der Waals surface area contributed by atoms with Gasteiger partial charge in [0.2, 0.25) is 0 Å². The van der Waals surface area contributed by atoms with E-state index < -0.39 is 30.4 Å². The Hall–Kier alpha value is -3.30. The molecule has 174 valence electrons. The van der Waals surface area contributed by atoms with Crippen molar-refractivity contribution in [1.29, 1.82) is 0 Å². The molecule has 1 saturated heterocycles. The number of hydrogen-bond donors (Lipinski definition) is 3. The van der Waals surface area contributed by atoms with Crippen LogP contribution >= 0.6 is 0 Å². The van der Waals surface area contributed by atoms with Crippen LogP contribution < -0.4 is 16.4 Å². The first-order valence-electron chi connectivity index (χ1n) is 10.7. The second kappa shape index (κ2) is 10.1. The number of alkyl carbamates (subject to hydrolysis) is 1. The zero-order valence-corrected chi connectivity index (χ0v) is 19.4. The van der Waals surface area contributed by atoms with Crippen molar-refractivity contribution in [2.45, 2.75) is 45.5 Å². The summed E-state index contributed by atoms with van der Waals surface area (Å²) in [5.74, 6) is 0. The molecular weight excluding hydrogens is 421 g/mol. The van der Waals surface area contributed by atoms with E-state index in [1.807, 2.05) is 70.2 Å². The summed E-state index contributed by atoms with van der Waals surface area (Å²) >= 11 is 0. The molecule has 0 unspecified atom stereocenters. The van der Waals surface area contributed by atoms with E-state index in [1.165, 1.54) is 0 Å². The molecule has 8 nitrogen and oxygen atoms in total. The van der Waals surface area contributed by atoms with Crippen LogP contribution in [-0.4, -0.2) is 37.0 Å². The Labute approximate surface area is 194 Å². The number of benzene rings is 2. The second-order valence-electron chi connectivity index (χ2n) is 8.84. The molecule has 2 aromatic rings. The quantitative estimate of drug-likeness (QED) is 0.549. The molecule has 0 spiro atoms. The van der Waals surface area contributed by atoms with Gasteiger partial charge in [-0.25, -0.2) is 9.59 Å². The topological polar surface area (TPSA) is 112 Å². The zero-order chi connectivity index (χ0) is 24.1. The summed E-state index contributed by atoms with van der Waals surface area (Å²) in [5, 5.41) is 5.33. The summed E-state index contributed by atoms with van der Waals surface area (Å²) in [5.41, 5.74) is 7.07. The Morgan fingerprint density at radius 2 is 1.70 bits per heavy atom. The standard InChI is InChI=1S/C24H30BN3O5/c1-23(2)24(3,4)33-25(32-23)19(13-18-11-8-12-20(14-18)28-21(26)29)15-27-22(30)31-16-17-9-6-5-7-10-17/h5-14H,15-16H2,1-4H3,(H,27,30)(H3,26,28,29). The molecule has 1 fully saturated rings. The predicted molar refractivity (Wildman–Crippen MR) is 128 cm³/mol. The third kappa shape index (κ3) is 6.60. The molecule has 1 heterocycles. The SMILES string of the molecule is CC1(C)OB(C(=Cc2cccc(NC(N)=O)c2)CNC(=O)OCc2ccccc2)OC1(C)C. The summed E-state index contributed by atoms with van der Waals surface area (Å²) in [6, 6.07) is 16.0. The second-order valence-corrected chi connectivity index (χ2v) is 8.84. The predicted octanol–water partition coefficient (Wildman–Crippen LogP) is 4.12. The Kier molecular flexibility index (Phi) is 7.45. The number of primary amides is 1. The monoisotopic (exact) mass is 451 g/mol. The molecule has 9 heteroatoms. The van der Waals surface area contributed by atoms with Crippen LogP contribution in [0.5, 0.6) is 0 Å². The number of nitrogens with one attached hydrogen (secondary N) is 2. The lowest BCUT2D eigenvalue weighted by molar-refractivity contribution is 0.00578. The number of amides is 3. The van der Waals surface area contributed by atoms with Crippen molar-refractivity contribution in [1.82, 2.24) is 5.32 Å². The molecule has 0 aliphatic carbocycles. The molecule has 0 radical (unpaired) electrons. The largest absolute Gasteiger partial charge is 0.492 e. The van der Waals surface area contributed by atoms with Gasteiger partial charge in [0.25, 0.3) is 0 Å². The van der Waals surface area contributed by atoms with Crippen molar-refractivity contribution in [2.75, 3.05) is 11.9 Å². The number of urea groups is 1. The van der Waals surface area contributed by atoms with Crippen molar-refractivity contribution in [2.24, 2.45) is 5.73 Å². The van der Waals surface area contributed by atoms with Crippen LogP contribution in [0.15, 0.2) is 60.1 Å². The number of carbonyl (C=O) groups excluding carboxylic acids is 2. The molecular formula is C24H30BN3O5. The van der Waals surface area contributed by atoms with Crippen LogP contribution in [0.1, 0.15) is 38.8 Å². The number of ether oxygens (including phenoxy) is 1. The number of anilines is 1.